The fourth-order valence-corrected chi connectivity index (χ4v) is 0.327. The third-order valence-corrected chi connectivity index (χ3v) is 0.760. The second-order valence-electron chi connectivity index (χ2n) is 0.659. The van der Waals surface area contributed by atoms with Gasteiger partial charge in [-0.2, -0.15) is 0 Å². The zero-order chi connectivity index (χ0) is 4.99. The van der Waals surface area contributed by atoms with Crippen LogP contribution in [0.5, 0.6) is 0 Å². The first-order valence-electron chi connectivity index (χ1n) is 1.58. The molecule has 0 atom stereocenters. The van der Waals surface area contributed by atoms with Crippen LogP contribution in [-0.4, -0.2) is 16.3 Å². The lowest BCUT2D eigenvalue weighted by molar-refractivity contribution is 0.272. The summed E-state index contributed by atoms with van der Waals surface area (Å²) in [5.41, 5.74) is 0. The SMILES string of the molecule is CCO[Si](F)F. The molecule has 0 amide bonds. The van der Waals surface area contributed by atoms with E-state index in [9.17, 15) is 8.22 Å². The molecule has 0 fully saturated rings. The molecule has 37 valence electrons. The molecule has 1 nitrogen and oxygen atoms in total. The Hall–Kier alpha value is 0.0369. The minimum atomic E-state index is -3.39. The van der Waals surface area contributed by atoms with E-state index in [1.807, 2.05) is 0 Å². The summed E-state index contributed by atoms with van der Waals surface area (Å²) < 4.78 is 25.6. The van der Waals surface area contributed by atoms with Crippen molar-refractivity contribution in [3.8, 4) is 0 Å². The molecule has 0 aliphatic rings. The molecule has 6 heavy (non-hydrogen) atoms. The Morgan fingerprint density at radius 1 is 1.67 bits per heavy atom. The van der Waals surface area contributed by atoms with E-state index in [2.05, 4.69) is 4.43 Å². The lowest BCUT2D eigenvalue weighted by Gasteiger charge is -1.87. The van der Waals surface area contributed by atoms with E-state index < -0.39 is 9.71 Å². The molecular weight excluding hydrogens is 106 g/mol. The van der Waals surface area contributed by atoms with Crippen LogP contribution in [0.25, 0.3) is 0 Å². The van der Waals surface area contributed by atoms with Gasteiger partial charge in [0.2, 0.25) is 0 Å². The summed E-state index contributed by atoms with van der Waals surface area (Å²) in [6, 6.07) is 0. The van der Waals surface area contributed by atoms with E-state index in [4.69, 9.17) is 0 Å². The van der Waals surface area contributed by atoms with Gasteiger partial charge in [-0.15, -0.1) is 0 Å². The predicted molar refractivity (Wildman–Crippen MR) is 19.6 cm³/mol. The van der Waals surface area contributed by atoms with Gasteiger partial charge in [-0.25, -0.2) is 8.22 Å². The molecule has 0 heterocycles. The van der Waals surface area contributed by atoms with Crippen molar-refractivity contribution >= 4 is 9.71 Å². The lowest BCUT2D eigenvalue weighted by Crippen LogP contribution is -2.02. The topological polar surface area (TPSA) is 9.23 Å². The first kappa shape index (κ1) is 6.04. The van der Waals surface area contributed by atoms with Gasteiger partial charge in [0.1, 0.15) is 0 Å². The minimum absolute atomic E-state index is 0.126. The van der Waals surface area contributed by atoms with Crippen LogP contribution in [0, 0.1) is 0 Å². The lowest BCUT2D eigenvalue weighted by atomic mass is 10.9. The third-order valence-electron chi connectivity index (χ3n) is 0.253. The fourth-order valence-electron chi connectivity index (χ4n) is 0.109. The van der Waals surface area contributed by atoms with E-state index in [0.717, 1.165) is 0 Å². The largest absolute Gasteiger partial charge is 0.662 e. The van der Waals surface area contributed by atoms with Crippen LogP contribution < -0.4 is 0 Å². The summed E-state index contributed by atoms with van der Waals surface area (Å²) in [7, 11) is -3.39. The van der Waals surface area contributed by atoms with Crippen LogP contribution in [0.4, 0.5) is 8.22 Å². The van der Waals surface area contributed by atoms with E-state index >= 15 is 0 Å². The van der Waals surface area contributed by atoms with E-state index in [0.29, 0.717) is 0 Å². The van der Waals surface area contributed by atoms with Crippen LogP contribution in [-0.2, 0) is 4.43 Å². The molecule has 0 spiro atoms. The Bertz CT molecular complexity index is 32.7. The molecule has 0 aromatic heterocycles. The highest BCUT2D eigenvalue weighted by molar-refractivity contribution is 6.34. The quantitative estimate of drug-likeness (QED) is 0.380. The van der Waals surface area contributed by atoms with E-state index in [1.165, 1.54) is 0 Å². The maximum absolute atomic E-state index is 10.9. The Balaban J connectivity index is 2.63. The highest BCUT2D eigenvalue weighted by Crippen LogP contribution is 1.84. The second-order valence-corrected chi connectivity index (χ2v) is 1.40. The minimum Gasteiger partial charge on any atom is -0.366 e. The molecule has 0 saturated carbocycles. The Morgan fingerprint density at radius 2 is 2.17 bits per heavy atom. The summed E-state index contributed by atoms with van der Waals surface area (Å²) in [6.45, 7) is 1.67. The normalized spacial score (nSPS) is 10.0. The van der Waals surface area contributed by atoms with E-state index in [-0.39, 0.29) is 6.61 Å². The van der Waals surface area contributed by atoms with Crippen LogP contribution in [0.1, 0.15) is 6.92 Å². The van der Waals surface area contributed by atoms with Gasteiger partial charge in [-0.1, -0.05) is 0 Å². The molecule has 0 saturated heterocycles. The van der Waals surface area contributed by atoms with Crippen molar-refractivity contribution in [2.75, 3.05) is 6.61 Å². The Labute approximate surface area is 37.0 Å². The van der Waals surface area contributed by atoms with Gasteiger partial charge in [0, 0.05) is 6.61 Å². The predicted octanol–water partition coefficient (Wildman–Crippen LogP) is 0.947. The highest BCUT2D eigenvalue weighted by Gasteiger charge is 2.08. The van der Waals surface area contributed by atoms with Crippen LogP contribution >= 0.6 is 0 Å². The smallest absolute Gasteiger partial charge is 0.366 e. The Kier molecular flexibility index (Phi) is 3.26. The summed E-state index contributed by atoms with van der Waals surface area (Å²) >= 11 is 0. The maximum atomic E-state index is 10.9. The van der Waals surface area contributed by atoms with Crippen molar-refractivity contribution in [3.63, 3.8) is 0 Å². The molecule has 0 unspecified atom stereocenters. The van der Waals surface area contributed by atoms with Crippen molar-refractivity contribution in [3.05, 3.63) is 0 Å². The zero-order valence-corrected chi connectivity index (χ0v) is 4.37. The van der Waals surface area contributed by atoms with Crippen molar-refractivity contribution in [2.45, 2.75) is 6.92 Å². The molecule has 0 aliphatic heterocycles. The van der Waals surface area contributed by atoms with Crippen molar-refractivity contribution in [1.29, 1.82) is 0 Å². The Morgan fingerprint density at radius 3 is 2.17 bits per heavy atom. The van der Waals surface area contributed by atoms with E-state index in [1.54, 1.807) is 6.92 Å². The average Bonchev–Trinajstić information content (AvgIpc) is 1.35. The van der Waals surface area contributed by atoms with Gasteiger partial charge in [-0.05, 0) is 6.92 Å². The molecule has 0 rings (SSSR count). The molecule has 0 aromatic carbocycles. The fraction of sp³-hybridized carbons (Fsp3) is 1.00. The molecular formula is C2H5F2OSi. The average molecular weight is 111 g/mol. The monoisotopic (exact) mass is 111 g/mol. The molecule has 0 aromatic rings. The van der Waals surface area contributed by atoms with Gasteiger partial charge in [-0.3, -0.25) is 0 Å². The first-order valence-corrected chi connectivity index (χ1v) is 2.74. The van der Waals surface area contributed by atoms with Gasteiger partial charge in [0.15, 0.2) is 0 Å². The number of rotatable bonds is 2. The number of hydrogen-bond donors (Lipinski definition) is 0. The molecule has 0 bridgehead atoms. The van der Waals surface area contributed by atoms with Crippen molar-refractivity contribution in [2.24, 2.45) is 0 Å². The third kappa shape index (κ3) is 4.04. The van der Waals surface area contributed by atoms with Gasteiger partial charge in [0.25, 0.3) is 0 Å². The van der Waals surface area contributed by atoms with Crippen LogP contribution in [0.3, 0.4) is 0 Å². The molecule has 1 radical (unpaired) electrons. The van der Waals surface area contributed by atoms with Crippen molar-refractivity contribution < 1.29 is 12.6 Å². The summed E-state index contributed by atoms with van der Waals surface area (Å²) in [5.74, 6) is 0. The van der Waals surface area contributed by atoms with Crippen molar-refractivity contribution in [1.82, 2.24) is 0 Å². The standard InChI is InChI=1S/C2H5F2OSi/c1-2-5-6(3)4/h2H2,1H3. The number of halogens is 2. The zero-order valence-electron chi connectivity index (χ0n) is 3.37. The molecule has 4 heteroatoms. The summed E-state index contributed by atoms with van der Waals surface area (Å²) in [4.78, 5) is 0. The first-order chi connectivity index (χ1) is 2.77. The summed E-state index contributed by atoms with van der Waals surface area (Å²) in [6.07, 6.45) is 0. The van der Waals surface area contributed by atoms with Gasteiger partial charge in [0.05, 0.1) is 0 Å². The summed E-state index contributed by atoms with van der Waals surface area (Å²) in [5, 5.41) is 0. The van der Waals surface area contributed by atoms with Gasteiger partial charge < -0.3 is 4.43 Å². The molecule has 0 N–H and O–H groups in total. The van der Waals surface area contributed by atoms with Gasteiger partial charge >= 0.3 is 9.71 Å². The maximum Gasteiger partial charge on any atom is 0.662 e. The molecule has 0 aliphatic carbocycles. The number of hydrogen-bond acceptors (Lipinski definition) is 1. The second kappa shape index (κ2) is 3.24. The van der Waals surface area contributed by atoms with Crippen LogP contribution in [0.15, 0.2) is 0 Å². The highest BCUT2D eigenvalue weighted by atomic mass is 28.4. The van der Waals surface area contributed by atoms with Crippen LogP contribution in [0.2, 0.25) is 0 Å².